The molecule has 3 aromatic rings. The van der Waals surface area contributed by atoms with E-state index in [4.69, 9.17) is 17.3 Å². The zero-order valence-corrected chi connectivity index (χ0v) is 11.2. The minimum Gasteiger partial charge on any atom is -0.369 e. The van der Waals surface area contributed by atoms with Crippen molar-refractivity contribution in [3.8, 4) is 0 Å². The van der Waals surface area contributed by atoms with E-state index in [0.717, 1.165) is 17.6 Å². The smallest absolute Gasteiger partial charge is 0.201 e. The fourth-order valence-corrected chi connectivity index (χ4v) is 2.48. The molecule has 0 aliphatic heterocycles. The van der Waals surface area contributed by atoms with E-state index in [1.165, 1.54) is 0 Å². The molecule has 1 aromatic carbocycles. The SMILES string of the molecule is CC(Cn1cccn1)n1c(N)nc2ccc(Cl)cc21. The molecule has 0 bridgehead atoms. The van der Waals surface area contributed by atoms with E-state index >= 15 is 0 Å². The minimum absolute atomic E-state index is 0.142. The van der Waals surface area contributed by atoms with Crippen molar-refractivity contribution in [2.24, 2.45) is 0 Å². The van der Waals surface area contributed by atoms with Crippen LogP contribution in [-0.4, -0.2) is 19.3 Å². The second kappa shape index (κ2) is 4.59. The van der Waals surface area contributed by atoms with Gasteiger partial charge in [0.1, 0.15) is 0 Å². The highest BCUT2D eigenvalue weighted by Crippen LogP contribution is 2.26. The van der Waals surface area contributed by atoms with Gasteiger partial charge in [0.05, 0.1) is 23.6 Å². The number of fused-ring (bicyclic) bond motifs is 1. The lowest BCUT2D eigenvalue weighted by Gasteiger charge is -2.16. The van der Waals surface area contributed by atoms with Crippen molar-refractivity contribution < 1.29 is 0 Å². The molecule has 2 heterocycles. The number of imidazole rings is 1. The Bertz CT molecular complexity index is 701. The van der Waals surface area contributed by atoms with Gasteiger partial charge in [0.15, 0.2) is 0 Å². The maximum atomic E-state index is 6.05. The van der Waals surface area contributed by atoms with Gasteiger partial charge in [0.2, 0.25) is 5.95 Å². The zero-order chi connectivity index (χ0) is 13.4. The number of anilines is 1. The number of halogens is 1. The highest BCUT2D eigenvalue weighted by molar-refractivity contribution is 6.31. The quantitative estimate of drug-likeness (QED) is 0.799. The maximum Gasteiger partial charge on any atom is 0.201 e. The van der Waals surface area contributed by atoms with Crippen LogP contribution in [0.15, 0.2) is 36.7 Å². The van der Waals surface area contributed by atoms with Gasteiger partial charge in [-0.2, -0.15) is 5.10 Å². The topological polar surface area (TPSA) is 61.7 Å². The Labute approximate surface area is 115 Å². The molecule has 19 heavy (non-hydrogen) atoms. The molecule has 1 atom stereocenters. The summed E-state index contributed by atoms with van der Waals surface area (Å²) in [7, 11) is 0. The molecule has 98 valence electrons. The second-order valence-electron chi connectivity index (χ2n) is 4.55. The third-order valence-corrected chi connectivity index (χ3v) is 3.37. The summed E-state index contributed by atoms with van der Waals surface area (Å²) in [5.74, 6) is 0.497. The van der Waals surface area contributed by atoms with Crippen LogP contribution in [0.3, 0.4) is 0 Å². The van der Waals surface area contributed by atoms with Crippen molar-refractivity contribution in [1.29, 1.82) is 0 Å². The van der Waals surface area contributed by atoms with Crippen molar-refractivity contribution in [2.75, 3.05) is 5.73 Å². The number of rotatable bonds is 3. The molecular formula is C13H14ClN5. The molecule has 0 aliphatic carbocycles. The van der Waals surface area contributed by atoms with Gasteiger partial charge in [-0.3, -0.25) is 4.68 Å². The van der Waals surface area contributed by atoms with Crippen LogP contribution in [0.5, 0.6) is 0 Å². The monoisotopic (exact) mass is 275 g/mol. The summed E-state index contributed by atoms with van der Waals surface area (Å²) in [4.78, 5) is 4.36. The van der Waals surface area contributed by atoms with Gasteiger partial charge < -0.3 is 10.3 Å². The first-order valence-corrected chi connectivity index (χ1v) is 6.43. The van der Waals surface area contributed by atoms with Crippen LogP contribution >= 0.6 is 11.6 Å². The van der Waals surface area contributed by atoms with Crippen molar-refractivity contribution >= 4 is 28.6 Å². The molecule has 0 aliphatic rings. The number of nitrogen functional groups attached to an aromatic ring is 1. The Kier molecular flexibility index (Phi) is 2.91. The lowest BCUT2D eigenvalue weighted by molar-refractivity contribution is 0.450. The van der Waals surface area contributed by atoms with Gasteiger partial charge >= 0.3 is 0 Å². The first kappa shape index (κ1) is 12.0. The van der Waals surface area contributed by atoms with E-state index in [1.54, 1.807) is 6.20 Å². The van der Waals surface area contributed by atoms with Crippen LogP contribution in [0, 0.1) is 0 Å². The Hall–Kier alpha value is -2.01. The van der Waals surface area contributed by atoms with Gasteiger partial charge in [-0.05, 0) is 31.2 Å². The van der Waals surface area contributed by atoms with Crippen LogP contribution in [0.25, 0.3) is 11.0 Å². The second-order valence-corrected chi connectivity index (χ2v) is 4.99. The van der Waals surface area contributed by atoms with E-state index in [2.05, 4.69) is 17.0 Å². The standard InChI is InChI=1S/C13H14ClN5/c1-9(8-18-6-2-5-16-18)19-12-7-10(14)3-4-11(12)17-13(19)15/h2-7,9H,8H2,1H3,(H2,15,17). The summed E-state index contributed by atoms with van der Waals surface area (Å²) < 4.78 is 3.86. The normalized spacial score (nSPS) is 12.9. The van der Waals surface area contributed by atoms with Gasteiger partial charge in [0, 0.05) is 17.4 Å². The summed E-state index contributed by atoms with van der Waals surface area (Å²) in [6, 6.07) is 7.63. The predicted octanol–water partition coefficient (Wildman–Crippen LogP) is 2.73. The molecule has 2 aromatic heterocycles. The van der Waals surface area contributed by atoms with E-state index in [1.807, 2.05) is 39.7 Å². The molecule has 5 nitrogen and oxygen atoms in total. The maximum absolute atomic E-state index is 6.05. The fraction of sp³-hybridized carbons (Fsp3) is 0.231. The molecular weight excluding hydrogens is 262 g/mol. The van der Waals surface area contributed by atoms with Crippen LogP contribution in [0.1, 0.15) is 13.0 Å². The number of aromatic nitrogens is 4. The summed E-state index contributed by atoms with van der Waals surface area (Å²) in [5, 5.41) is 4.89. The Morgan fingerprint density at radius 2 is 2.26 bits per heavy atom. The van der Waals surface area contributed by atoms with Gasteiger partial charge in [0.25, 0.3) is 0 Å². The van der Waals surface area contributed by atoms with E-state index < -0.39 is 0 Å². The molecule has 3 rings (SSSR count). The average molecular weight is 276 g/mol. The molecule has 0 fully saturated rings. The third kappa shape index (κ3) is 2.17. The van der Waals surface area contributed by atoms with Crippen molar-refractivity contribution in [3.63, 3.8) is 0 Å². The number of nitrogens with zero attached hydrogens (tertiary/aromatic N) is 4. The Morgan fingerprint density at radius 1 is 1.42 bits per heavy atom. The largest absolute Gasteiger partial charge is 0.369 e. The number of nitrogens with two attached hydrogens (primary N) is 1. The summed E-state index contributed by atoms with van der Waals surface area (Å²) >= 11 is 6.05. The van der Waals surface area contributed by atoms with Gasteiger partial charge in [-0.25, -0.2) is 4.98 Å². The molecule has 0 saturated heterocycles. The Morgan fingerprint density at radius 3 is 3.00 bits per heavy atom. The third-order valence-electron chi connectivity index (χ3n) is 3.13. The molecule has 0 amide bonds. The predicted molar refractivity (Wildman–Crippen MR) is 76.1 cm³/mol. The van der Waals surface area contributed by atoms with Crippen molar-refractivity contribution in [1.82, 2.24) is 19.3 Å². The molecule has 2 N–H and O–H groups in total. The van der Waals surface area contributed by atoms with Gasteiger partial charge in [-0.15, -0.1) is 0 Å². The highest BCUT2D eigenvalue weighted by Gasteiger charge is 2.14. The minimum atomic E-state index is 0.142. The van der Waals surface area contributed by atoms with Crippen LogP contribution in [-0.2, 0) is 6.54 Å². The highest BCUT2D eigenvalue weighted by atomic mass is 35.5. The summed E-state index contributed by atoms with van der Waals surface area (Å²) in [5.41, 5.74) is 7.82. The molecule has 1 unspecified atom stereocenters. The number of hydrogen-bond acceptors (Lipinski definition) is 3. The molecule has 0 spiro atoms. The van der Waals surface area contributed by atoms with E-state index in [9.17, 15) is 0 Å². The van der Waals surface area contributed by atoms with Crippen LogP contribution in [0.2, 0.25) is 5.02 Å². The zero-order valence-electron chi connectivity index (χ0n) is 10.5. The molecule has 0 radical (unpaired) electrons. The van der Waals surface area contributed by atoms with Crippen molar-refractivity contribution in [3.05, 3.63) is 41.7 Å². The fourth-order valence-electron chi connectivity index (χ4n) is 2.31. The van der Waals surface area contributed by atoms with Gasteiger partial charge in [-0.1, -0.05) is 11.6 Å². The summed E-state index contributed by atoms with van der Waals surface area (Å²) in [6.07, 6.45) is 3.69. The number of hydrogen-bond donors (Lipinski definition) is 1. The lowest BCUT2D eigenvalue weighted by Crippen LogP contribution is -2.15. The Balaban J connectivity index is 2.03. The van der Waals surface area contributed by atoms with E-state index in [-0.39, 0.29) is 6.04 Å². The average Bonchev–Trinajstić information content (AvgIpc) is 2.95. The lowest BCUT2D eigenvalue weighted by atomic mass is 10.2. The van der Waals surface area contributed by atoms with Crippen molar-refractivity contribution in [2.45, 2.75) is 19.5 Å². The summed E-state index contributed by atoms with van der Waals surface area (Å²) in [6.45, 7) is 2.81. The molecule has 6 heteroatoms. The van der Waals surface area contributed by atoms with Crippen LogP contribution in [0.4, 0.5) is 5.95 Å². The number of benzene rings is 1. The van der Waals surface area contributed by atoms with E-state index in [0.29, 0.717) is 11.0 Å². The van der Waals surface area contributed by atoms with Crippen LogP contribution < -0.4 is 5.73 Å². The molecule has 0 saturated carbocycles. The first-order valence-electron chi connectivity index (χ1n) is 6.05. The first-order chi connectivity index (χ1) is 9.15.